The Morgan fingerprint density at radius 3 is 2.58 bits per heavy atom. The van der Waals surface area contributed by atoms with Crippen molar-refractivity contribution in [3.63, 3.8) is 0 Å². The molecule has 1 amide bonds. The van der Waals surface area contributed by atoms with E-state index in [1.807, 2.05) is 30.0 Å². The topological polar surface area (TPSA) is 32.8 Å². The van der Waals surface area contributed by atoms with Gasteiger partial charge in [-0.3, -0.25) is 9.69 Å². The standard InChI is InChI=1S/C25H30BrFN2O2/c1-18-14-21(27)8-9-22(18)23-15-29(25(30)16-28-11-2-3-12-28)13-10-24(23)31-17-19-4-6-20(26)7-5-19/h4-9,14,23-24H,2-3,10-13,15-17H2,1H3. The summed E-state index contributed by atoms with van der Waals surface area (Å²) in [5, 5.41) is 0. The van der Waals surface area contributed by atoms with Gasteiger partial charge in [0.1, 0.15) is 5.82 Å². The highest BCUT2D eigenvalue weighted by atomic mass is 79.9. The number of carbonyl (C=O) groups excluding carboxylic acids is 1. The zero-order valence-electron chi connectivity index (χ0n) is 18.0. The van der Waals surface area contributed by atoms with E-state index in [0.717, 1.165) is 40.7 Å². The summed E-state index contributed by atoms with van der Waals surface area (Å²) in [7, 11) is 0. The molecule has 31 heavy (non-hydrogen) atoms. The van der Waals surface area contributed by atoms with Gasteiger partial charge in [0, 0.05) is 23.5 Å². The minimum absolute atomic E-state index is 0.0105. The first-order chi connectivity index (χ1) is 15.0. The van der Waals surface area contributed by atoms with Gasteiger partial charge in [-0.25, -0.2) is 4.39 Å². The number of rotatable bonds is 6. The molecule has 2 saturated heterocycles. The van der Waals surface area contributed by atoms with Crippen LogP contribution in [0.3, 0.4) is 0 Å². The van der Waals surface area contributed by atoms with Crippen molar-refractivity contribution in [3.8, 4) is 0 Å². The molecule has 166 valence electrons. The van der Waals surface area contributed by atoms with Crippen molar-refractivity contribution in [2.24, 2.45) is 0 Å². The molecule has 0 radical (unpaired) electrons. The number of hydrogen-bond donors (Lipinski definition) is 0. The number of likely N-dealkylation sites (tertiary alicyclic amines) is 2. The number of nitrogens with zero attached hydrogens (tertiary/aromatic N) is 2. The van der Waals surface area contributed by atoms with Crippen LogP contribution in [0.15, 0.2) is 46.9 Å². The summed E-state index contributed by atoms with van der Waals surface area (Å²) in [4.78, 5) is 17.2. The number of hydrogen-bond acceptors (Lipinski definition) is 3. The van der Waals surface area contributed by atoms with Crippen LogP contribution in [-0.2, 0) is 16.1 Å². The van der Waals surface area contributed by atoms with Crippen molar-refractivity contribution in [1.29, 1.82) is 0 Å². The van der Waals surface area contributed by atoms with Gasteiger partial charge in [0.2, 0.25) is 5.91 Å². The molecular formula is C25H30BrFN2O2. The fourth-order valence-electron chi connectivity index (χ4n) is 4.73. The molecule has 2 unspecified atom stereocenters. The van der Waals surface area contributed by atoms with Crippen molar-refractivity contribution < 1.29 is 13.9 Å². The molecule has 0 spiro atoms. The number of carbonyl (C=O) groups is 1. The molecule has 2 heterocycles. The highest BCUT2D eigenvalue weighted by molar-refractivity contribution is 9.10. The third-order valence-corrected chi connectivity index (χ3v) is 7.00. The maximum Gasteiger partial charge on any atom is 0.236 e. The van der Waals surface area contributed by atoms with Crippen molar-refractivity contribution in [3.05, 3.63) is 69.4 Å². The van der Waals surface area contributed by atoms with Crippen LogP contribution < -0.4 is 0 Å². The van der Waals surface area contributed by atoms with E-state index in [1.165, 1.54) is 18.9 Å². The number of ether oxygens (including phenoxy) is 1. The van der Waals surface area contributed by atoms with Gasteiger partial charge in [0.25, 0.3) is 0 Å². The molecular weight excluding hydrogens is 459 g/mol. The maximum atomic E-state index is 13.7. The third-order valence-electron chi connectivity index (χ3n) is 6.47. The molecule has 2 aliphatic heterocycles. The molecule has 6 heteroatoms. The van der Waals surface area contributed by atoms with Gasteiger partial charge in [0.15, 0.2) is 0 Å². The van der Waals surface area contributed by atoms with Crippen LogP contribution in [0.5, 0.6) is 0 Å². The number of aryl methyl sites for hydroxylation is 1. The molecule has 0 N–H and O–H groups in total. The summed E-state index contributed by atoms with van der Waals surface area (Å²) in [6.07, 6.45) is 3.13. The molecule has 0 bridgehead atoms. The van der Waals surface area contributed by atoms with Crippen LogP contribution in [-0.4, -0.2) is 54.5 Å². The Bertz CT molecular complexity index is 899. The Morgan fingerprint density at radius 2 is 1.87 bits per heavy atom. The van der Waals surface area contributed by atoms with E-state index in [2.05, 4.69) is 33.0 Å². The van der Waals surface area contributed by atoms with E-state index in [9.17, 15) is 9.18 Å². The second kappa shape index (κ2) is 10.2. The molecule has 0 aromatic heterocycles. The van der Waals surface area contributed by atoms with E-state index in [0.29, 0.717) is 26.2 Å². The summed E-state index contributed by atoms with van der Waals surface area (Å²) < 4.78 is 21.1. The zero-order valence-corrected chi connectivity index (χ0v) is 19.6. The lowest BCUT2D eigenvalue weighted by molar-refractivity contribution is -0.135. The molecule has 0 saturated carbocycles. The van der Waals surface area contributed by atoms with E-state index < -0.39 is 0 Å². The first-order valence-electron chi connectivity index (χ1n) is 11.1. The van der Waals surface area contributed by atoms with Gasteiger partial charge >= 0.3 is 0 Å². The Labute approximate surface area is 192 Å². The smallest absolute Gasteiger partial charge is 0.236 e. The first kappa shape index (κ1) is 22.4. The minimum atomic E-state index is -0.230. The van der Waals surface area contributed by atoms with Crippen LogP contribution in [0, 0.1) is 12.7 Å². The van der Waals surface area contributed by atoms with Gasteiger partial charge in [-0.1, -0.05) is 34.1 Å². The van der Waals surface area contributed by atoms with Crippen LogP contribution in [0.25, 0.3) is 0 Å². The van der Waals surface area contributed by atoms with E-state index >= 15 is 0 Å². The summed E-state index contributed by atoms with van der Waals surface area (Å²) >= 11 is 3.47. The second-order valence-electron chi connectivity index (χ2n) is 8.70. The lowest BCUT2D eigenvalue weighted by Crippen LogP contribution is -2.48. The molecule has 4 nitrogen and oxygen atoms in total. The quantitative estimate of drug-likeness (QED) is 0.579. The van der Waals surface area contributed by atoms with Crippen molar-refractivity contribution >= 4 is 21.8 Å². The highest BCUT2D eigenvalue weighted by Gasteiger charge is 2.34. The van der Waals surface area contributed by atoms with E-state index in [1.54, 1.807) is 6.07 Å². The Kier molecular flexibility index (Phi) is 7.41. The van der Waals surface area contributed by atoms with Crippen LogP contribution >= 0.6 is 15.9 Å². The van der Waals surface area contributed by atoms with Crippen LogP contribution in [0.1, 0.15) is 41.9 Å². The molecule has 0 aliphatic carbocycles. The largest absolute Gasteiger partial charge is 0.373 e. The molecule has 2 fully saturated rings. The molecule has 2 aromatic rings. The minimum Gasteiger partial charge on any atom is -0.373 e. The van der Waals surface area contributed by atoms with Crippen molar-refractivity contribution in [1.82, 2.24) is 9.80 Å². The lowest BCUT2D eigenvalue weighted by atomic mass is 9.85. The van der Waals surface area contributed by atoms with Gasteiger partial charge in [-0.15, -0.1) is 0 Å². The molecule has 2 aromatic carbocycles. The van der Waals surface area contributed by atoms with E-state index in [4.69, 9.17) is 4.74 Å². The van der Waals surface area contributed by atoms with Gasteiger partial charge in [-0.2, -0.15) is 0 Å². The molecule has 4 rings (SSSR count). The Hall–Kier alpha value is -1.76. The fourth-order valence-corrected chi connectivity index (χ4v) is 4.99. The number of piperidine rings is 1. The van der Waals surface area contributed by atoms with Crippen molar-refractivity contribution in [2.45, 2.75) is 44.8 Å². The average Bonchev–Trinajstić information content (AvgIpc) is 3.26. The predicted molar refractivity (Wildman–Crippen MR) is 123 cm³/mol. The number of benzene rings is 2. The fraction of sp³-hybridized carbons (Fsp3) is 0.480. The Balaban J connectivity index is 1.48. The molecule has 2 aliphatic rings. The Morgan fingerprint density at radius 1 is 1.13 bits per heavy atom. The van der Waals surface area contributed by atoms with Crippen LogP contribution in [0.2, 0.25) is 0 Å². The number of halogens is 2. The van der Waals surface area contributed by atoms with Gasteiger partial charge < -0.3 is 9.64 Å². The van der Waals surface area contributed by atoms with Crippen LogP contribution in [0.4, 0.5) is 4.39 Å². The van der Waals surface area contributed by atoms with Gasteiger partial charge in [-0.05, 0) is 80.2 Å². The van der Waals surface area contributed by atoms with Gasteiger partial charge in [0.05, 0.1) is 19.3 Å². The summed E-state index contributed by atoms with van der Waals surface area (Å²) in [6.45, 7) is 6.31. The lowest BCUT2D eigenvalue weighted by Gasteiger charge is -2.40. The highest BCUT2D eigenvalue weighted by Crippen LogP contribution is 2.33. The summed E-state index contributed by atoms with van der Waals surface area (Å²) in [5.74, 6) is -0.00305. The van der Waals surface area contributed by atoms with Crippen molar-refractivity contribution in [2.75, 3.05) is 32.7 Å². The monoisotopic (exact) mass is 488 g/mol. The second-order valence-corrected chi connectivity index (χ2v) is 9.61. The molecule has 2 atom stereocenters. The first-order valence-corrected chi connectivity index (χ1v) is 11.9. The predicted octanol–water partition coefficient (Wildman–Crippen LogP) is 4.89. The zero-order chi connectivity index (χ0) is 21.8. The SMILES string of the molecule is Cc1cc(F)ccc1C1CN(C(=O)CN2CCCC2)CCC1OCc1ccc(Br)cc1. The normalized spacial score (nSPS) is 22.1. The van der Waals surface area contributed by atoms with E-state index in [-0.39, 0.29) is 23.7 Å². The summed E-state index contributed by atoms with van der Waals surface area (Å²) in [5.41, 5.74) is 3.10. The third kappa shape index (κ3) is 5.73. The average molecular weight is 489 g/mol. The summed E-state index contributed by atoms with van der Waals surface area (Å²) in [6, 6.07) is 13.1. The number of amides is 1. The maximum absolute atomic E-state index is 13.7.